The van der Waals surface area contributed by atoms with Gasteiger partial charge in [-0.15, -0.1) is 6.58 Å². The van der Waals surface area contributed by atoms with Crippen LogP contribution in [0.25, 0.3) is 0 Å². The highest BCUT2D eigenvalue weighted by Crippen LogP contribution is 2.20. The highest BCUT2D eigenvalue weighted by molar-refractivity contribution is 5.79. The lowest BCUT2D eigenvalue weighted by Crippen LogP contribution is -2.37. The van der Waals surface area contributed by atoms with Crippen LogP contribution in [0.1, 0.15) is 45.4 Å². The lowest BCUT2D eigenvalue weighted by molar-refractivity contribution is 0.0281. The maximum Gasteiger partial charge on any atom is 0.191 e. The van der Waals surface area contributed by atoms with E-state index in [1.807, 2.05) is 6.08 Å². The van der Waals surface area contributed by atoms with Gasteiger partial charge in [0.05, 0.1) is 6.10 Å². The van der Waals surface area contributed by atoms with E-state index < -0.39 is 0 Å². The van der Waals surface area contributed by atoms with Crippen LogP contribution in [-0.2, 0) is 4.74 Å². The van der Waals surface area contributed by atoms with Crippen molar-refractivity contribution in [3.63, 3.8) is 0 Å². The number of hydrogen-bond donors (Lipinski definition) is 2. The van der Waals surface area contributed by atoms with Gasteiger partial charge in [0, 0.05) is 26.2 Å². The molecule has 110 valence electrons. The van der Waals surface area contributed by atoms with E-state index in [0.717, 1.165) is 38.6 Å². The molecule has 0 aromatic rings. The molecule has 0 saturated heterocycles. The Morgan fingerprint density at radius 3 is 2.79 bits per heavy atom. The summed E-state index contributed by atoms with van der Waals surface area (Å²) in [4.78, 5) is 4.50. The molecule has 1 aliphatic rings. The van der Waals surface area contributed by atoms with Gasteiger partial charge in [0.25, 0.3) is 0 Å². The summed E-state index contributed by atoms with van der Waals surface area (Å²) in [7, 11) is 0. The maximum absolute atomic E-state index is 5.88. The van der Waals surface area contributed by atoms with Crippen molar-refractivity contribution in [2.45, 2.75) is 51.6 Å². The number of nitrogens with zero attached hydrogens (tertiary/aromatic N) is 1. The predicted molar refractivity (Wildman–Crippen MR) is 81.6 cm³/mol. The van der Waals surface area contributed by atoms with Gasteiger partial charge in [-0.1, -0.05) is 25.3 Å². The van der Waals surface area contributed by atoms with Gasteiger partial charge < -0.3 is 15.4 Å². The van der Waals surface area contributed by atoms with E-state index in [1.165, 1.54) is 32.1 Å². The van der Waals surface area contributed by atoms with Crippen molar-refractivity contribution in [2.75, 3.05) is 26.2 Å². The minimum atomic E-state index is 0.504. The van der Waals surface area contributed by atoms with Gasteiger partial charge >= 0.3 is 0 Å². The predicted octanol–water partition coefficient (Wildman–Crippen LogP) is 2.47. The smallest absolute Gasteiger partial charge is 0.191 e. The van der Waals surface area contributed by atoms with Gasteiger partial charge in [-0.3, -0.25) is 4.99 Å². The van der Waals surface area contributed by atoms with Crippen molar-refractivity contribution in [3.8, 4) is 0 Å². The summed E-state index contributed by atoms with van der Waals surface area (Å²) in [5.74, 6) is 0.861. The molecule has 19 heavy (non-hydrogen) atoms. The number of rotatable bonds is 8. The van der Waals surface area contributed by atoms with Crippen molar-refractivity contribution >= 4 is 5.96 Å². The lowest BCUT2D eigenvalue weighted by atomic mass is 9.98. The molecule has 4 nitrogen and oxygen atoms in total. The monoisotopic (exact) mass is 267 g/mol. The quantitative estimate of drug-likeness (QED) is 0.307. The Morgan fingerprint density at radius 2 is 2.11 bits per heavy atom. The average molecular weight is 267 g/mol. The average Bonchev–Trinajstić information content (AvgIpc) is 2.45. The minimum Gasteiger partial charge on any atom is -0.378 e. The molecule has 0 amide bonds. The van der Waals surface area contributed by atoms with Crippen LogP contribution < -0.4 is 10.6 Å². The molecule has 0 unspecified atom stereocenters. The van der Waals surface area contributed by atoms with Crippen LogP contribution in [0.15, 0.2) is 17.6 Å². The molecule has 0 radical (unpaired) electrons. The Morgan fingerprint density at radius 1 is 1.32 bits per heavy atom. The Balaban J connectivity index is 2.09. The molecule has 1 rings (SSSR count). The lowest BCUT2D eigenvalue weighted by Gasteiger charge is -2.21. The first kappa shape index (κ1) is 16.0. The number of aliphatic imine (C=N–C) groups is 1. The van der Waals surface area contributed by atoms with E-state index >= 15 is 0 Å². The number of nitrogens with one attached hydrogen (secondary N) is 2. The van der Waals surface area contributed by atoms with Crippen molar-refractivity contribution < 1.29 is 4.74 Å². The van der Waals surface area contributed by atoms with E-state index in [4.69, 9.17) is 4.74 Å². The largest absolute Gasteiger partial charge is 0.378 e. The zero-order chi connectivity index (χ0) is 13.8. The summed E-state index contributed by atoms with van der Waals surface area (Å²) in [5.41, 5.74) is 0. The molecule has 0 heterocycles. The fraction of sp³-hybridized carbons (Fsp3) is 0.800. The van der Waals surface area contributed by atoms with E-state index in [1.54, 1.807) is 0 Å². The summed E-state index contributed by atoms with van der Waals surface area (Å²) in [6.45, 7) is 9.01. The van der Waals surface area contributed by atoms with Crippen LogP contribution in [0.5, 0.6) is 0 Å². The molecule has 1 fully saturated rings. The molecular formula is C15H29N3O. The van der Waals surface area contributed by atoms with Gasteiger partial charge in [0.15, 0.2) is 5.96 Å². The Hall–Kier alpha value is -1.03. The molecule has 4 heteroatoms. The third kappa shape index (κ3) is 7.88. The number of ether oxygens (including phenoxy) is 1. The Labute approximate surface area is 117 Å². The summed E-state index contributed by atoms with van der Waals surface area (Å²) in [6, 6.07) is 0. The number of guanidine groups is 1. The van der Waals surface area contributed by atoms with Crippen LogP contribution in [0.2, 0.25) is 0 Å². The molecule has 0 bridgehead atoms. The van der Waals surface area contributed by atoms with Crippen LogP contribution in [0.3, 0.4) is 0 Å². The second kappa shape index (κ2) is 10.9. The van der Waals surface area contributed by atoms with Crippen molar-refractivity contribution in [1.82, 2.24) is 10.6 Å². The van der Waals surface area contributed by atoms with Gasteiger partial charge in [0.1, 0.15) is 0 Å². The Bertz CT molecular complexity index is 260. The minimum absolute atomic E-state index is 0.504. The Kier molecular flexibility index (Phi) is 9.15. The van der Waals surface area contributed by atoms with E-state index in [-0.39, 0.29) is 0 Å². The van der Waals surface area contributed by atoms with E-state index in [0.29, 0.717) is 6.10 Å². The fourth-order valence-electron chi connectivity index (χ4n) is 2.25. The maximum atomic E-state index is 5.88. The first-order valence-electron chi connectivity index (χ1n) is 7.61. The summed E-state index contributed by atoms with van der Waals surface area (Å²) < 4.78 is 5.88. The molecule has 1 aliphatic carbocycles. The van der Waals surface area contributed by atoms with Crippen LogP contribution >= 0.6 is 0 Å². The molecule has 0 aromatic carbocycles. The van der Waals surface area contributed by atoms with Gasteiger partial charge in [0.2, 0.25) is 0 Å². The first-order valence-corrected chi connectivity index (χ1v) is 7.61. The van der Waals surface area contributed by atoms with Crippen LogP contribution in [0.4, 0.5) is 0 Å². The van der Waals surface area contributed by atoms with Crippen LogP contribution in [-0.4, -0.2) is 38.3 Å². The van der Waals surface area contributed by atoms with Crippen molar-refractivity contribution in [3.05, 3.63) is 12.7 Å². The summed E-state index contributed by atoms with van der Waals surface area (Å²) in [6.07, 6.45) is 9.85. The van der Waals surface area contributed by atoms with E-state index in [2.05, 4.69) is 29.1 Å². The van der Waals surface area contributed by atoms with Gasteiger partial charge in [-0.25, -0.2) is 0 Å². The first-order chi connectivity index (χ1) is 9.36. The fourth-order valence-corrected chi connectivity index (χ4v) is 2.25. The third-order valence-electron chi connectivity index (χ3n) is 3.24. The second-order valence-corrected chi connectivity index (χ2v) is 4.91. The molecule has 0 spiro atoms. The molecule has 0 atom stereocenters. The number of hydrogen-bond acceptors (Lipinski definition) is 2. The van der Waals surface area contributed by atoms with Gasteiger partial charge in [-0.2, -0.15) is 0 Å². The van der Waals surface area contributed by atoms with Crippen molar-refractivity contribution in [1.29, 1.82) is 0 Å². The zero-order valence-electron chi connectivity index (χ0n) is 12.3. The molecule has 0 aromatic heterocycles. The van der Waals surface area contributed by atoms with Gasteiger partial charge in [-0.05, 0) is 26.2 Å². The molecular weight excluding hydrogens is 238 g/mol. The highest BCUT2D eigenvalue weighted by Gasteiger charge is 2.12. The SMILES string of the molecule is C=CCNC(=NCCCOC1CCCCC1)NCC. The standard InChI is InChI=1S/C15H29N3O/c1-3-11-17-15(16-4-2)18-12-8-13-19-14-9-6-5-7-10-14/h3,14H,1,4-13H2,2H3,(H2,16,17,18). The summed E-state index contributed by atoms with van der Waals surface area (Å²) in [5, 5.41) is 6.40. The van der Waals surface area contributed by atoms with Crippen LogP contribution in [0, 0.1) is 0 Å². The summed E-state index contributed by atoms with van der Waals surface area (Å²) >= 11 is 0. The normalized spacial score (nSPS) is 17.2. The molecule has 0 aliphatic heterocycles. The molecule has 1 saturated carbocycles. The highest BCUT2D eigenvalue weighted by atomic mass is 16.5. The molecule has 2 N–H and O–H groups in total. The van der Waals surface area contributed by atoms with E-state index in [9.17, 15) is 0 Å². The topological polar surface area (TPSA) is 45.7 Å². The van der Waals surface area contributed by atoms with Crippen molar-refractivity contribution in [2.24, 2.45) is 4.99 Å². The second-order valence-electron chi connectivity index (χ2n) is 4.91. The third-order valence-corrected chi connectivity index (χ3v) is 3.24. The zero-order valence-corrected chi connectivity index (χ0v) is 12.3.